The number of anilines is 1. The second kappa shape index (κ2) is 3.95. The van der Waals surface area contributed by atoms with Gasteiger partial charge in [0.25, 0.3) is 0 Å². The van der Waals surface area contributed by atoms with E-state index in [1.54, 1.807) is 7.11 Å². The molecule has 1 aromatic carbocycles. The standard InChI is InChI=1S/C8H12N2O/c1-11-10-8-4-2-3-7(5-8)6-9/h2-5,10H,6,9H2,1H3. The van der Waals surface area contributed by atoms with Gasteiger partial charge in [-0.15, -0.1) is 0 Å². The van der Waals surface area contributed by atoms with E-state index in [-0.39, 0.29) is 0 Å². The van der Waals surface area contributed by atoms with Crippen molar-refractivity contribution in [3.05, 3.63) is 29.8 Å². The highest BCUT2D eigenvalue weighted by atomic mass is 16.6. The van der Waals surface area contributed by atoms with Gasteiger partial charge in [0, 0.05) is 6.54 Å². The number of hydrogen-bond donors (Lipinski definition) is 2. The van der Waals surface area contributed by atoms with Crippen LogP contribution in [0.25, 0.3) is 0 Å². The summed E-state index contributed by atoms with van der Waals surface area (Å²) in [4.78, 5) is 4.74. The van der Waals surface area contributed by atoms with E-state index < -0.39 is 0 Å². The van der Waals surface area contributed by atoms with Crippen molar-refractivity contribution in [3.8, 4) is 0 Å². The summed E-state index contributed by atoms with van der Waals surface area (Å²) >= 11 is 0. The van der Waals surface area contributed by atoms with Gasteiger partial charge in [0.2, 0.25) is 0 Å². The molecule has 0 unspecified atom stereocenters. The number of rotatable bonds is 3. The summed E-state index contributed by atoms with van der Waals surface area (Å²) in [5.74, 6) is 0. The van der Waals surface area contributed by atoms with Gasteiger partial charge in [-0.3, -0.25) is 10.3 Å². The van der Waals surface area contributed by atoms with Crippen LogP contribution >= 0.6 is 0 Å². The molecule has 0 heterocycles. The Balaban J connectivity index is 2.74. The van der Waals surface area contributed by atoms with E-state index in [4.69, 9.17) is 10.6 Å². The van der Waals surface area contributed by atoms with Gasteiger partial charge in [0.05, 0.1) is 12.8 Å². The lowest BCUT2D eigenvalue weighted by Gasteiger charge is -2.03. The molecule has 0 saturated carbocycles. The fraction of sp³-hybridized carbons (Fsp3) is 0.250. The van der Waals surface area contributed by atoms with Crippen molar-refractivity contribution in [2.75, 3.05) is 12.6 Å². The van der Waals surface area contributed by atoms with Gasteiger partial charge in [0.15, 0.2) is 0 Å². The van der Waals surface area contributed by atoms with Crippen LogP contribution in [0.4, 0.5) is 5.69 Å². The zero-order valence-electron chi connectivity index (χ0n) is 6.50. The van der Waals surface area contributed by atoms with E-state index in [1.807, 2.05) is 24.3 Å². The van der Waals surface area contributed by atoms with Crippen molar-refractivity contribution in [2.24, 2.45) is 5.73 Å². The Kier molecular flexibility index (Phi) is 2.89. The smallest absolute Gasteiger partial charge is 0.0636 e. The van der Waals surface area contributed by atoms with Gasteiger partial charge in [-0.2, -0.15) is 0 Å². The van der Waals surface area contributed by atoms with Crippen molar-refractivity contribution in [2.45, 2.75) is 6.54 Å². The van der Waals surface area contributed by atoms with Crippen LogP contribution in [0.15, 0.2) is 24.3 Å². The summed E-state index contributed by atoms with van der Waals surface area (Å²) in [6.07, 6.45) is 0. The van der Waals surface area contributed by atoms with Gasteiger partial charge < -0.3 is 5.73 Å². The molecule has 0 atom stereocenters. The molecule has 0 radical (unpaired) electrons. The highest BCUT2D eigenvalue weighted by molar-refractivity contribution is 5.43. The molecule has 0 amide bonds. The van der Waals surface area contributed by atoms with Crippen LogP contribution in [0, 0.1) is 0 Å². The lowest BCUT2D eigenvalue weighted by atomic mass is 10.2. The average molecular weight is 152 g/mol. The Morgan fingerprint density at radius 1 is 1.55 bits per heavy atom. The first-order chi connectivity index (χ1) is 5.36. The van der Waals surface area contributed by atoms with Crippen molar-refractivity contribution in [3.63, 3.8) is 0 Å². The molecule has 0 saturated heterocycles. The SMILES string of the molecule is CONc1cccc(CN)c1. The minimum absolute atomic E-state index is 0.555. The minimum Gasteiger partial charge on any atom is -0.326 e. The molecule has 11 heavy (non-hydrogen) atoms. The average Bonchev–Trinajstić information content (AvgIpc) is 2.06. The summed E-state index contributed by atoms with van der Waals surface area (Å²) in [6, 6.07) is 7.77. The maximum Gasteiger partial charge on any atom is 0.0636 e. The Hall–Kier alpha value is -1.06. The third-order valence-electron chi connectivity index (χ3n) is 1.38. The van der Waals surface area contributed by atoms with Crippen molar-refractivity contribution < 1.29 is 4.84 Å². The lowest BCUT2D eigenvalue weighted by Crippen LogP contribution is -1.99. The van der Waals surface area contributed by atoms with Gasteiger partial charge >= 0.3 is 0 Å². The van der Waals surface area contributed by atoms with Crippen LogP contribution in [0.1, 0.15) is 5.56 Å². The molecule has 1 rings (SSSR count). The van der Waals surface area contributed by atoms with E-state index in [2.05, 4.69) is 5.48 Å². The molecule has 0 aliphatic rings. The minimum atomic E-state index is 0.555. The summed E-state index contributed by atoms with van der Waals surface area (Å²) in [7, 11) is 1.58. The van der Waals surface area contributed by atoms with Crippen LogP contribution in [0.3, 0.4) is 0 Å². The molecule has 0 fully saturated rings. The van der Waals surface area contributed by atoms with Gasteiger partial charge in [-0.05, 0) is 17.7 Å². The molecular weight excluding hydrogens is 140 g/mol. The van der Waals surface area contributed by atoms with E-state index in [0.717, 1.165) is 11.3 Å². The zero-order valence-corrected chi connectivity index (χ0v) is 6.50. The highest BCUT2D eigenvalue weighted by Crippen LogP contribution is 2.09. The van der Waals surface area contributed by atoms with Crippen molar-refractivity contribution in [1.82, 2.24) is 0 Å². The number of benzene rings is 1. The van der Waals surface area contributed by atoms with Gasteiger partial charge in [0.1, 0.15) is 0 Å². The van der Waals surface area contributed by atoms with Gasteiger partial charge in [-0.1, -0.05) is 12.1 Å². The molecule has 0 aliphatic carbocycles. The first-order valence-electron chi connectivity index (χ1n) is 3.45. The van der Waals surface area contributed by atoms with E-state index in [1.165, 1.54) is 0 Å². The first-order valence-corrected chi connectivity index (χ1v) is 3.45. The normalized spacial score (nSPS) is 9.64. The zero-order chi connectivity index (χ0) is 8.10. The molecule has 60 valence electrons. The fourth-order valence-corrected chi connectivity index (χ4v) is 0.880. The lowest BCUT2D eigenvalue weighted by molar-refractivity contribution is 0.271. The number of nitrogens with one attached hydrogen (secondary N) is 1. The Bertz CT molecular complexity index is 225. The molecule has 3 nitrogen and oxygen atoms in total. The summed E-state index contributed by atoms with van der Waals surface area (Å²) < 4.78 is 0. The third kappa shape index (κ3) is 2.22. The van der Waals surface area contributed by atoms with E-state index in [9.17, 15) is 0 Å². The van der Waals surface area contributed by atoms with Gasteiger partial charge in [-0.25, -0.2) is 0 Å². The maximum absolute atomic E-state index is 5.45. The first kappa shape index (κ1) is 8.04. The topological polar surface area (TPSA) is 47.3 Å². The Labute approximate surface area is 66.1 Å². The fourth-order valence-electron chi connectivity index (χ4n) is 0.880. The second-order valence-electron chi connectivity index (χ2n) is 2.21. The second-order valence-corrected chi connectivity index (χ2v) is 2.21. The molecule has 1 aromatic rings. The predicted molar refractivity (Wildman–Crippen MR) is 45.0 cm³/mol. The Morgan fingerprint density at radius 2 is 2.36 bits per heavy atom. The molecule has 0 aliphatic heterocycles. The highest BCUT2D eigenvalue weighted by Gasteiger charge is 1.91. The molecular formula is C8H12N2O. The van der Waals surface area contributed by atoms with Crippen molar-refractivity contribution >= 4 is 5.69 Å². The molecule has 3 heteroatoms. The van der Waals surface area contributed by atoms with Crippen LogP contribution in [0.5, 0.6) is 0 Å². The van der Waals surface area contributed by atoms with Crippen LogP contribution in [-0.2, 0) is 11.4 Å². The summed E-state index contributed by atoms with van der Waals surface area (Å²) in [6.45, 7) is 0.555. The molecule has 0 spiro atoms. The van der Waals surface area contributed by atoms with Crippen LogP contribution < -0.4 is 11.2 Å². The molecule has 3 N–H and O–H groups in total. The maximum atomic E-state index is 5.45. The van der Waals surface area contributed by atoms with Crippen LogP contribution in [0.2, 0.25) is 0 Å². The predicted octanol–water partition coefficient (Wildman–Crippen LogP) is 1.12. The largest absolute Gasteiger partial charge is 0.326 e. The van der Waals surface area contributed by atoms with Crippen LogP contribution in [-0.4, -0.2) is 7.11 Å². The number of hydrogen-bond acceptors (Lipinski definition) is 3. The Morgan fingerprint density at radius 3 is 3.00 bits per heavy atom. The monoisotopic (exact) mass is 152 g/mol. The molecule has 0 aromatic heterocycles. The quantitative estimate of drug-likeness (QED) is 0.638. The van der Waals surface area contributed by atoms with E-state index in [0.29, 0.717) is 6.54 Å². The molecule has 0 bridgehead atoms. The van der Waals surface area contributed by atoms with E-state index >= 15 is 0 Å². The number of nitrogens with two attached hydrogens (primary N) is 1. The summed E-state index contributed by atoms with van der Waals surface area (Å²) in [5.41, 5.74) is 10.2. The van der Waals surface area contributed by atoms with Crippen molar-refractivity contribution in [1.29, 1.82) is 0 Å². The third-order valence-corrected chi connectivity index (χ3v) is 1.38. The summed E-state index contributed by atoms with van der Waals surface area (Å²) in [5, 5.41) is 0.